The van der Waals surface area contributed by atoms with Gasteiger partial charge in [-0.15, -0.1) is 5.06 Å². The quantitative estimate of drug-likeness (QED) is 0.493. The first kappa shape index (κ1) is 25.4. The Hall–Kier alpha value is -3.20. The monoisotopic (exact) mass is 477 g/mol. The van der Waals surface area contributed by atoms with E-state index in [0.717, 1.165) is 19.3 Å². The number of piperidine rings is 1. The van der Waals surface area contributed by atoms with Gasteiger partial charge in [0, 0.05) is 18.2 Å². The van der Waals surface area contributed by atoms with Crippen LogP contribution in [0.25, 0.3) is 0 Å². The lowest BCUT2D eigenvalue weighted by Gasteiger charge is -2.50. The lowest BCUT2D eigenvalue weighted by molar-refractivity contribution is -0.218. The zero-order valence-corrected chi connectivity index (χ0v) is 21.1. The molecule has 2 aromatic carbocycles. The fourth-order valence-electron chi connectivity index (χ4n) is 4.46. The summed E-state index contributed by atoms with van der Waals surface area (Å²) in [5.41, 5.74) is -0.626. The predicted molar refractivity (Wildman–Crippen MR) is 127 cm³/mol. The standard InChI is InChI=1S/C25H35NO8/c1-24(2)10-9-11-25(3,4)26(24)34-23-20(31-7)18(27)19(28)21(22(23)32-8)33-17-13-15(29-5)12-16(14-17)30-6/h12-14,27-28H,9-11H2,1-8H3. The molecular weight excluding hydrogens is 442 g/mol. The van der Waals surface area contributed by atoms with E-state index in [2.05, 4.69) is 27.7 Å². The van der Waals surface area contributed by atoms with Crippen molar-refractivity contribution in [2.24, 2.45) is 0 Å². The number of phenolic OH excluding ortho intramolecular Hbond substituents is 2. The third-order valence-corrected chi connectivity index (χ3v) is 6.09. The number of nitrogens with zero attached hydrogens (tertiary/aromatic N) is 1. The van der Waals surface area contributed by atoms with Gasteiger partial charge in [0.1, 0.15) is 17.2 Å². The Labute approximate surface area is 200 Å². The fraction of sp³-hybridized carbons (Fsp3) is 0.520. The number of benzene rings is 2. The van der Waals surface area contributed by atoms with Gasteiger partial charge in [-0.25, -0.2) is 0 Å². The molecule has 0 spiro atoms. The minimum Gasteiger partial charge on any atom is -0.502 e. The van der Waals surface area contributed by atoms with Crippen LogP contribution in [0.4, 0.5) is 0 Å². The molecule has 0 aromatic heterocycles. The Morgan fingerprint density at radius 2 is 1.12 bits per heavy atom. The van der Waals surface area contributed by atoms with Gasteiger partial charge in [-0.05, 0) is 47.0 Å². The highest BCUT2D eigenvalue weighted by Gasteiger charge is 2.45. The van der Waals surface area contributed by atoms with Crippen molar-refractivity contribution in [3.63, 3.8) is 0 Å². The molecular formula is C25H35NO8. The third kappa shape index (κ3) is 4.70. The van der Waals surface area contributed by atoms with Crippen LogP contribution < -0.4 is 28.5 Å². The molecule has 1 fully saturated rings. The largest absolute Gasteiger partial charge is 0.502 e. The Bertz CT molecular complexity index is 996. The third-order valence-electron chi connectivity index (χ3n) is 6.09. The fourth-order valence-corrected chi connectivity index (χ4v) is 4.46. The summed E-state index contributed by atoms with van der Waals surface area (Å²) in [6, 6.07) is 4.91. The second-order valence-electron chi connectivity index (χ2n) is 9.44. The first-order valence-electron chi connectivity index (χ1n) is 11.1. The Morgan fingerprint density at radius 3 is 1.59 bits per heavy atom. The van der Waals surface area contributed by atoms with Crippen molar-refractivity contribution in [2.75, 3.05) is 28.4 Å². The summed E-state index contributed by atoms with van der Waals surface area (Å²) in [5.74, 6) is 0.118. The van der Waals surface area contributed by atoms with Crippen LogP contribution >= 0.6 is 0 Å². The second kappa shape index (κ2) is 9.58. The summed E-state index contributed by atoms with van der Waals surface area (Å²) in [6.45, 7) is 8.36. The van der Waals surface area contributed by atoms with E-state index in [9.17, 15) is 10.2 Å². The van der Waals surface area contributed by atoms with Gasteiger partial charge in [-0.3, -0.25) is 0 Å². The average Bonchev–Trinajstić information content (AvgIpc) is 2.79. The minimum atomic E-state index is -0.556. The molecule has 1 aliphatic rings. The van der Waals surface area contributed by atoms with Gasteiger partial charge in [-0.1, -0.05) is 0 Å². The van der Waals surface area contributed by atoms with Crippen molar-refractivity contribution in [3.8, 4) is 51.7 Å². The van der Waals surface area contributed by atoms with E-state index in [0.29, 0.717) is 17.2 Å². The van der Waals surface area contributed by atoms with Crippen molar-refractivity contribution in [1.29, 1.82) is 0 Å². The molecule has 0 unspecified atom stereocenters. The number of hydroxylamine groups is 2. The maximum absolute atomic E-state index is 10.8. The van der Waals surface area contributed by atoms with Gasteiger partial charge in [0.15, 0.2) is 0 Å². The first-order chi connectivity index (χ1) is 16.0. The molecule has 1 saturated heterocycles. The number of ether oxygens (including phenoxy) is 5. The van der Waals surface area contributed by atoms with E-state index in [-0.39, 0.29) is 34.1 Å². The lowest BCUT2D eigenvalue weighted by atomic mass is 9.82. The van der Waals surface area contributed by atoms with Crippen LogP contribution in [-0.2, 0) is 0 Å². The summed E-state index contributed by atoms with van der Waals surface area (Å²) in [4.78, 5) is 6.42. The minimum absolute atomic E-state index is 0.0612. The van der Waals surface area contributed by atoms with E-state index in [1.165, 1.54) is 28.4 Å². The molecule has 0 radical (unpaired) electrons. The summed E-state index contributed by atoms with van der Waals surface area (Å²) < 4.78 is 27.6. The topological polar surface area (TPSA) is 99.1 Å². The molecule has 0 saturated carbocycles. The first-order valence-corrected chi connectivity index (χ1v) is 11.1. The second-order valence-corrected chi connectivity index (χ2v) is 9.44. The normalized spacial score (nSPS) is 17.1. The number of hydrogen-bond acceptors (Lipinski definition) is 9. The molecule has 9 nitrogen and oxygen atoms in total. The van der Waals surface area contributed by atoms with E-state index < -0.39 is 11.5 Å². The van der Waals surface area contributed by atoms with E-state index in [1.54, 1.807) is 18.2 Å². The van der Waals surface area contributed by atoms with E-state index in [1.807, 2.05) is 5.06 Å². The smallest absolute Gasteiger partial charge is 0.239 e. The molecule has 1 heterocycles. The van der Waals surface area contributed by atoms with Crippen LogP contribution in [0.2, 0.25) is 0 Å². The van der Waals surface area contributed by atoms with E-state index in [4.69, 9.17) is 28.5 Å². The van der Waals surface area contributed by atoms with E-state index >= 15 is 0 Å². The summed E-state index contributed by atoms with van der Waals surface area (Å²) >= 11 is 0. The van der Waals surface area contributed by atoms with Crippen LogP contribution in [0, 0.1) is 0 Å². The summed E-state index contributed by atoms with van der Waals surface area (Å²) in [7, 11) is 5.83. The van der Waals surface area contributed by atoms with Crippen molar-refractivity contribution >= 4 is 0 Å². The van der Waals surface area contributed by atoms with Crippen LogP contribution in [-0.4, -0.2) is 54.8 Å². The SMILES string of the molecule is COc1cc(OC)cc(Oc2c(O)c(O)c(OC)c(ON3C(C)(C)CCCC3(C)C)c2OC)c1. The molecule has 2 N–H and O–H groups in total. The number of methoxy groups -OCH3 is 4. The maximum atomic E-state index is 10.8. The van der Waals surface area contributed by atoms with Crippen molar-refractivity contribution in [1.82, 2.24) is 5.06 Å². The van der Waals surface area contributed by atoms with Crippen LogP contribution in [0.3, 0.4) is 0 Å². The molecule has 0 aliphatic carbocycles. The van der Waals surface area contributed by atoms with Gasteiger partial charge in [0.2, 0.25) is 34.5 Å². The number of aromatic hydroxyl groups is 2. The van der Waals surface area contributed by atoms with Crippen LogP contribution in [0.15, 0.2) is 18.2 Å². The molecule has 0 bridgehead atoms. The summed E-state index contributed by atoms with van der Waals surface area (Å²) in [5, 5.41) is 23.5. The Kier molecular flexibility index (Phi) is 7.16. The Morgan fingerprint density at radius 1 is 0.647 bits per heavy atom. The molecule has 1 aliphatic heterocycles. The number of rotatable bonds is 8. The van der Waals surface area contributed by atoms with Gasteiger partial charge < -0.3 is 38.7 Å². The van der Waals surface area contributed by atoms with Gasteiger partial charge >= 0.3 is 0 Å². The van der Waals surface area contributed by atoms with Gasteiger partial charge in [-0.2, -0.15) is 0 Å². The van der Waals surface area contributed by atoms with Crippen LogP contribution in [0.5, 0.6) is 51.7 Å². The maximum Gasteiger partial charge on any atom is 0.239 e. The molecule has 34 heavy (non-hydrogen) atoms. The molecule has 3 rings (SSSR count). The highest BCUT2D eigenvalue weighted by atomic mass is 16.7. The molecule has 188 valence electrons. The van der Waals surface area contributed by atoms with Crippen LogP contribution in [0.1, 0.15) is 47.0 Å². The van der Waals surface area contributed by atoms with Gasteiger partial charge in [0.05, 0.1) is 39.5 Å². The molecule has 0 amide bonds. The number of phenols is 2. The Balaban J connectivity index is 2.16. The van der Waals surface area contributed by atoms with Crippen molar-refractivity contribution < 1.29 is 38.7 Å². The zero-order valence-electron chi connectivity index (χ0n) is 21.1. The zero-order chi connectivity index (χ0) is 25.3. The van der Waals surface area contributed by atoms with Crippen molar-refractivity contribution in [2.45, 2.75) is 58.0 Å². The molecule has 2 aromatic rings. The average molecular weight is 478 g/mol. The predicted octanol–water partition coefficient (Wildman–Crippen LogP) is 5.26. The highest BCUT2D eigenvalue weighted by molar-refractivity contribution is 5.73. The highest BCUT2D eigenvalue weighted by Crippen LogP contribution is 2.58. The molecule has 0 atom stereocenters. The number of hydrogen-bond donors (Lipinski definition) is 2. The molecule has 9 heteroatoms. The lowest BCUT2D eigenvalue weighted by Crippen LogP contribution is -2.59. The van der Waals surface area contributed by atoms with Gasteiger partial charge in [0.25, 0.3) is 0 Å². The summed E-state index contributed by atoms with van der Waals surface area (Å²) in [6.07, 6.45) is 2.89. The van der Waals surface area contributed by atoms with Crippen molar-refractivity contribution in [3.05, 3.63) is 18.2 Å².